The number of ketones is 1. The third-order valence-electron chi connectivity index (χ3n) is 5.04. The number of hydrogen-bond donors (Lipinski definition) is 0. The highest BCUT2D eigenvalue weighted by atomic mass is 28.4. The lowest BCUT2D eigenvalue weighted by molar-refractivity contribution is 0.0707. The second kappa shape index (κ2) is 15.8. The van der Waals surface area contributed by atoms with Crippen molar-refractivity contribution in [2.45, 2.75) is 73.4 Å². The van der Waals surface area contributed by atoms with Crippen molar-refractivity contribution >= 4 is 23.4 Å². The molecule has 0 radical (unpaired) electrons. The number of aromatic nitrogens is 1. The van der Waals surface area contributed by atoms with Crippen LogP contribution in [0.3, 0.4) is 0 Å². The van der Waals surface area contributed by atoms with E-state index < -0.39 is 17.6 Å². The van der Waals surface area contributed by atoms with E-state index >= 15 is 0 Å². The van der Waals surface area contributed by atoms with Crippen LogP contribution in [0.4, 0.5) is 0 Å². The number of nitrogens with zero attached hydrogens (tertiary/aromatic N) is 1. The second-order valence-corrected chi connectivity index (χ2v) is 12.8. The predicted molar refractivity (Wildman–Crippen MR) is 133 cm³/mol. The maximum Gasteiger partial charge on any atom is 0.501 e. The van der Waals surface area contributed by atoms with E-state index in [0.717, 1.165) is 11.1 Å². The minimum absolute atomic E-state index is 0.00962. The number of Topliss-reactive ketones (excluding diaryl/α,β-unsaturated/α-hetero) is 1. The molecule has 1 rings (SSSR count). The Morgan fingerprint density at radius 1 is 0.667 bits per heavy atom. The molecule has 33 heavy (non-hydrogen) atoms. The van der Waals surface area contributed by atoms with Gasteiger partial charge in [0.2, 0.25) is 0 Å². The van der Waals surface area contributed by atoms with E-state index in [-0.39, 0.29) is 5.78 Å². The van der Waals surface area contributed by atoms with Crippen molar-refractivity contribution < 1.29 is 31.4 Å². The summed E-state index contributed by atoms with van der Waals surface area (Å²) in [5.74, 6) is 0.00962. The zero-order chi connectivity index (χ0) is 24.7. The standard InChI is InChI=1S/C23H43NO7Si2/c1-8-26-32(27-9-2,28-10-3)16-14-21-18-24-19-22(23(21)20(7)25)15-17-33(29-11-4,30-12-5)31-13-6/h18-19H,8-17H2,1-7H3. The van der Waals surface area contributed by atoms with Crippen LogP contribution in [-0.4, -0.2) is 68.0 Å². The van der Waals surface area contributed by atoms with E-state index in [4.69, 9.17) is 26.6 Å². The Morgan fingerprint density at radius 3 is 1.21 bits per heavy atom. The number of hydrogen-bond acceptors (Lipinski definition) is 8. The van der Waals surface area contributed by atoms with E-state index in [1.165, 1.54) is 0 Å². The van der Waals surface area contributed by atoms with Gasteiger partial charge in [0.25, 0.3) is 0 Å². The zero-order valence-corrected chi connectivity index (χ0v) is 23.5. The first-order valence-corrected chi connectivity index (χ1v) is 16.0. The summed E-state index contributed by atoms with van der Waals surface area (Å²) in [7, 11) is -5.65. The molecule has 0 aromatic carbocycles. The predicted octanol–water partition coefficient (Wildman–Crippen LogP) is 4.47. The first kappa shape index (κ1) is 30.0. The molecule has 0 fully saturated rings. The molecular formula is C23H43NO7Si2. The number of rotatable bonds is 19. The van der Waals surface area contributed by atoms with Crippen LogP contribution in [0.5, 0.6) is 0 Å². The number of carbonyl (C=O) groups excluding carboxylic acids is 1. The second-order valence-electron chi connectivity index (χ2n) is 7.35. The van der Waals surface area contributed by atoms with E-state index in [1.54, 1.807) is 19.3 Å². The molecule has 0 unspecified atom stereocenters. The fourth-order valence-corrected chi connectivity index (χ4v) is 9.12. The van der Waals surface area contributed by atoms with Crippen molar-refractivity contribution in [3.63, 3.8) is 0 Å². The highest BCUT2D eigenvalue weighted by molar-refractivity contribution is 6.61. The lowest BCUT2D eigenvalue weighted by Gasteiger charge is -2.29. The maximum atomic E-state index is 12.7. The molecule has 0 saturated carbocycles. The van der Waals surface area contributed by atoms with Gasteiger partial charge in [-0.3, -0.25) is 9.78 Å². The monoisotopic (exact) mass is 501 g/mol. The van der Waals surface area contributed by atoms with Crippen molar-refractivity contribution in [3.8, 4) is 0 Å². The van der Waals surface area contributed by atoms with Gasteiger partial charge in [-0.15, -0.1) is 0 Å². The zero-order valence-electron chi connectivity index (χ0n) is 21.5. The van der Waals surface area contributed by atoms with Gasteiger partial charge in [0.15, 0.2) is 5.78 Å². The quantitative estimate of drug-likeness (QED) is 0.203. The third-order valence-corrected chi connectivity index (χ3v) is 11.1. The van der Waals surface area contributed by atoms with Crippen LogP contribution in [-0.2, 0) is 39.4 Å². The minimum Gasteiger partial charge on any atom is -0.374 e. The molecule has 0 aliphatic carbocycles. The Balaban J connectivity index is 3.18. The SMILES string of the molecule is CCO[Si](CCc1cncc(CC[Si](OCC)(OCC)OCC)c1C(C)=O)(OCC)OCC. The van der Waals surface area contributed by atoms with Crippen LogP contribution < -0.4 is 0 Å². The van der Waals surface area contributed by atoms with Crippen molar-refractivity contribution in [2.75, 3.05) is 39.6 Å². The van der Waals surface area contributed by atoms with Crippen molar-refractivity contribution in [1.82, 2.24) is 4.98 Å². The van der Waals surface area contributed by atoms with Gasteiger partial charge < -0.3 is 26.6 Å². The molecule has 0 atom stereocenters. The van der Waals surface area contributed by atoms with Crippen molar-refractivity contribution in [3.05, 3.63) is 29.1 Å². The lowest BCUT2D eigenvalue weighted by atomic mass is 9.98. The Bertz CT molecular complexity index is 623. The van der Waals surface area contributed by atoms with Crippen LogP contribution in [0.25, 0.3) is 0 Å². The summed E-state index contributed by atoms with van der Waals surface area (Å²) < 4.78 is 35.9. The van der Waals surface area contributed by atoms with Gasteiger partial charge in [-0.25, -0.2) is 0 Å². The number of pyridine rings is 1. The summed E-state index contributed by atoms with van der Waals surface area (Å²) in [4.78, 5) is 17.1. The highest BCUT2D eigenvalue weighted by Gasteiger charge is 2.41. The number of aryl methyl sites for hydroxylation is 2. The first-order chi connectivity index (χ1) is 15.9. The fraction of sp³-hybridized carbons (Fsp3) is 0.739. The summed E-state index contributed by atoms with van der Waals surface area (Å²) in [6.45, 7) is 16.3. The molecular weight excluding hydrogens is 458 g/mol. The fourth-order valence-electron chi connectivity index (χ4n) is 3.96. The van der Waals surface area contributed by atoms with Gasteiger partial charge in [-0.05, 0) is 72.4 Å². The molecule has 0 N–H and O–H groups in total. The van der Waals surface area contributed by atoms with Crippen molar-refractivity contribution in [1.29, 1.82) is 0 Å². The third kappa shape index (κ3) is 9.29. The van der Waals surface area contributed by atoms with Gasteiger partial charge in [0, 0.05) is 69.7 Å². The smallest absolute Gasteiger partial charge is 0.374 e. The largest absolute Gasteiger partial charge is 0.501 e. The molecule has 1 heterocycles. The molecule has 8 nitrogen and oxygen atoms in total. The van der Waals surface area contributed by atoms with E-state index in [1.807, 2.05) is 41.5 Å². The van der Waals surface area contributed by atoms with Crippen LogP contribution in [0.15, 0.2) is 12.4 Å². The lowest BCUT2D eigenvalue weighted by Crippen LogP contribution is -2.46. The summed E-state index contributed by atoms with van der Waals surface area (Å²) in [5, 5.41) is 0. The Morgan fingerprint density at radius 2 is 0.970 bits per heavy atom. The van der Waals surface area contributed by atoms with E-state index in [0.29, 0.717) is 70.1 Å². The average Bonchev–Trinajstić information content (AvgIpc) is 2.77. The summed E-state index contributed by atoms with van der Waals surface area (Å²) >= 11 is 0. The molecule has 0 aliphatic rings. The summed E-state index contributed by atoms with van der Waals surface area (Å²) in [6.07, 6.45) is 4.71. The van der Waals surface area contributed by atoms with Crippen LogP contribution in [0, 0.1) is 0 Å². The van der Waals surface area contributed by atoms with Gasteiger partial charge in [0.05, 0.1) is 0 Å². The van der Waals surface area contributed by atoms with Crippen LogP contribution in [0.1, 0.15) is 70.0 Å². The molecule has 0 amide bonds. The molecule has 0 spiro atoms. The molecule has 1 aromatic rings. The van der Waals surface area contributed by atoms with Gasteiger partial charge in [-0.2, -0.15) is 0 Å². The van der Waals surface area contributed by atoms with E-state index in [9.17, 15) is 4.79 Å². The van der Waals surface area contributed by atoms with Gasteiger partial charge in [0.1, 0.15) is 0 Å². The van der Waals surface area contributed by atoms with Gasteiger partial charge in [-0.1, -0.05) is 0 Å². The minimum atomic E-state index is -2.83. The molecule has 0 aliphatic heterocycles. The normalized spacial score (nSPS) is 12.3. The first-order valence-electron chi connectivity index (χ1n) is 12.2. The molecule has 190 valence electrons. The Labute approximate surface area is 202 Å². The molecule has 0 saturated heterocycles. The topological polar surface area (TPSA) is 85.3 Å². The highest BCUT2D eigenvalue weighted by Crippen LogP contribution is 2.26. The summed E-state index contributed by atoms with van der Waals surface area (Å²) in [6, 6.07) is 1.17. The average molecular weight is 502 g/mol. The van der Waals surface area contributed by atoms with Crippen LogP contribution >= 0.6 is 0 Å². The Kier molecular flexibility index (Phi) is 14.4. The van der Waals surface area contributed by atoms with E-state index in [2.05, 4.69) is 4.98 Å². The molecule has 1 aromatic heterocycles. The van der Waals surface area contributed by atoms with Crippen molar-refractivity contribution in [2.24, 2.45) is 0 Å². The summed E-state index contributed by atoms with van der Waals surface area (Å²) in [5.41, 5.74) is 2.46. The molecule has 0 bridgehead atoms. The van der Waals surface area contributed by atoms with Crippen LogP contribution in [0.2, 0.25) is 12.1 Å². The molecule has 10 heteroatoms. The number of carbonyl (C=O) groups is 1. The maximum absolute atomic E-state index is 12.7. The van der Waals surface area contributed by atoms with Gasteiger partial charge >= 0.3 is 17.6 Å². The Hall–Kier alpha value is -0.986.